The largest absolute Gasteiger partial charge is 0.465 e. The standard InChI is InChI=1S/C25H21F3N4O3.ClH/c1-35-23(33)17-4-2-15(3-5-17)16-6-8-19(9-7-16)31-21-12-18(25(26,27)28)13-30-22(21)32(24(31)34)20-10-11-29-14-20;/h2-9,12-13,20,29H,10-11,14H2,1H3;1H/t20-;/m0./s1. The van der Waals surface area contributed by atoms with Crippen LogP contribution in [0.1, 0.15) is 28.4 Å². The van der Waals surface area contributed by atoms with E-state index in [1.54, 1.807) is 48.5 Å². The average Bonchev–Trinajstić information content (AvgIpc) is 3.48. The van der Waals surface area contributed by atoms with Gasteiger partial charge in [-0.05, 0) is 54.4 Å². The van der Waals surface area contributed by atoms with Gasteiger partial charge in [-0.3, -0.25) is 9.13 Å². The lowest BCUT2D eigenvalue weighted by Crippen LogP contribution is -2.28. The zero-order valence-corrected chi connectivity index (χ0v) is 19.9. The SMILES string of the molecule is COC(=O)c1ccc(-c2ccc(-n3c(=O)n([C@H]4CCNC4)c4ncc(C(F)(F)F)cc43)cc2)cc1.Cl. The molecule has 3 heterocycles. The number of nitrogens with zero attached hydrogens (tertiary/aromatic N) is 3. The van der Waals surface area contributed by atoms with E-state index in [4.69, 9.17) is 4.74 Å². The second kappa shape index (κ2) is 9.79. The normalized spacial score (nSPS) is 15.6. The van der Waals surface area contributed by atoms with Gasteiger partial charge in [0.1, 0.15) is 0 Å². The van der Waals surface area contributed by atoms with Gasteiger partial charge in [-0.15, -0.1) is 12.4 Å². The number of methoxy groups -OCH3 is 1. The minimum atomic E-state index is -4.58. The smallest absolute Gasteiger partial charge is 0.417 e. The summed E-state index contributed by atoms with van der Waals surface area (Å²) >= 11 is 0. The molecule has 5 rings (SSSR count). The van der Waals surface area contributed by atoms with Crippen LogP contribution in [0.15, 0.2) is 65.6 Å². The maximum Gasteiger partial charge on any atom is 0.417 e. The fraction of sp³-hybridized carbons (Fsp3) is 0.240. The molecule has 36 heavy (non-hydrogen) atoms. The number of aromatic nitrogens is 3. The first-order valence-corrected chi connectivity index (χ1v) is 11.0. The van der Waals surface area contributed by atoms with Crippen molar-refractivity contribution in [1.82, 2.24) is 19.4 Å². The van der Waals surface area contributed by atoms with Crippen molar-refractivity contribution < 1.29 is 22.7 Å². The Bertz CT molecular complexity index is 1460. The molecule has 1 aliphatic rings. The number of pyridine rings is 1. The third-order valence-corrected chi connectivity index (χ3v) is 6.21. The van der Waals surface area contributed by atoms with Gasteiger partial charge in [-0.1, -0.05) is 24.3 Å². The number of halogens is 4. The minimum Gasteiger partial charge on any atom is -0.465 e. The van der Waals surface area contributed by atoms with Crippen LogP contribution in [0.3, 0.4) is 0 Å². The van der Waals surface area contributed by atoms with E-state index in [0.29, 0.717) is 30.8 Å². The Balaban J connectivity index is 0.00000304. The second-order valence-electron chi connectivity index (χ2n) is 8.31. The van der Waals surface area contributed by atoms with Crippen molar-refractivity contribution in [3.8, 4) is 16.8 Å². The lowest BCUT2D eigenvalue weighted by atomic mass is 10.0. The summed E-state index contributed by atoms with van der Waals surface area (Å²) < 4.78 is 47.7. The topological polar surface area (TPSA) is 78.1 Å². The molecule has 1 N–H and O–H groups in total. The van der Waals surface area contributed by atoms with Crippen LogP contribution in [0.4, 0.5) is 13.2 Å². The summed E-state index contributed by atoms with van der Waals surface area (Å²) in [7, 11) is 1.31. The number of carbonyl (C=O) groups excluding carboxylic acids is 1. The van der Waals surface area contributed by atoms with E-state index in [0.717, 1.165) is 23.4 Å². The molecular formula is C25H22ClF3N4O3. The molecule has 2 aromatic carbocycles. The lowest BCUT2D eigenvalue weighted by Gasteiger charge is -2.10. The van der Waals surface area contributed by atoms with Crippen LogP contribution >= 0.6 is 12.4 Å². The van der Waals surface area contributed by atoms with Gasteiger partial charge in [0.15, 0.2) is 5.65 Å². The van der Waals surface area contributed by atoms with Gasteiger partial charge in [0, 0.05) is 12.7 Å². The molecule has 2 aromatic heterocycles. The summed E-state index contributed by atoms with van der Waals surface area (Å²) in [6, 6.07) is 14.5. The number of imidazole rings is 1. The molecule has 0 spiro atoms. The van der Waals surface area contributed by atoms with E-state index in [1.807, 2.05) is 0 Å². The molecule has 0 aliphatic carbocycles. The molecule has 188 valence electrons. The van der Waals surface area contributed by atoms with E-state index in [2.05, 4.69) is 10.3 Å². The summed E-state index contributed by atoms with van der Waals surface area (Å²) in [5, 5.41) is 3.18. The van der Waals surface area contributed by atoms with Crippen molar-refractivity contribution in [3.63, 3.8) is 0 Å². The van der Waals surface area contributed by atoms with E-state index >= 15 is 0 Å². The Morgan fingerprint density at radius 1 is 1.08 bits per heavy atom. The third-order valence-electron chi connectivity index (χ3n) is 6.21. The molecule has 0 radical (unpaired) electrons. The quantitative estimate of drug-likeness (QED) is 0.399. The molecule has 0 bridgehead atoms. The molecular weight excluding hydrogens is 497 g/mol. The van der Waals surface area contributed by atoms with Crippen molar-refractivity contribution in [2.45, 2.75) is 18.6 Å². The molecule has 4 aromatic rings. The second-order valence-corrected chi connectivity index (χ2v) is 8.31. The van der Waals surface area contributed by atoms with Crippen molar-refractivity contribution in [2.24, 2.45) is 0 Å². The monoisotopic (exact) mass is 518 g/mol. The van der Waals surface area contributed by atoms with Crippen molar-refractivity contribution >= 4 is 29.5 Å². The lowest BCUT2D eigenvalue weighted by molar-refractivity contribution is -0.137. The molecule has 1 aliphatic heterocycles. The Hall–Kier alpha value is -3.63. The number of benzene rings is 2. The van der Waals surface area contributed by atoms with Crippen LogP contribution in [0.5, 0.6) is 0 Å². The van der Waals surface area contributed by atoms with Gasteiger partial charge < -0.3 is 10.1 Å². The number of hydrogen-bond acceptors (Lipinski definition) is 5. The zero-order valence-electron chi connectivity index (χ0n) is 19.1. The Morgan fingerprint density at radius 3 is 2.28 bits per heavy atom. The number of nitrogens with one attached hydrogen (secondary N) is 1. The van der Waals surface area contributed by atoms with Crippen LogP contribution in [-0.2, 0) is 10.9 Å². The predicted octanol–water partition coefficient (Wildman–Crippen LogP) is 4.62. The molecule has 0 unspecified atom stereocenters. The number of fused-ring (bicyclic) bond motifs is 1. The van der Waals surface area contributed by atoms with E-state index in [1.165, 1.54) is 16.2 Å². The van der Waals surface area contributed by atoms with E-state index in [9.17, 15) is 22.8 Å². The average molecular weight is 519 g/mol. The number of esters is 1. The van der Waals surface area contributed by atoms with Crippen LogP contribution in [0, 0.1) is 0 Å². The third kappa shape index (κ3) is 4.49. The fourth-order valence-corrected chi connectivity index (χ4v) is 4.41. The first-order valence-electron chi connectivity index (χ1n) is 11.0. The molecule has 0 amide bonds. The first kappa shape index (κ1) is 25.5. The molecule has 1 saturated heterocycles. The fourth-order valence-electron chi connectivity index (χ4n) is 4.41. The number of carbonyl (C=O) groups is 1. The Kier molecular flexibility index (Phi) is 6.92. The van der Waals surface area contributed by atoms with Gasteiger partial charge in [0.25, 0.3) is 0 Å². The summed E-state index contributed by atoms with van der Waals surface area (Å²) in [5.41, 5.74) is 1.47. The van der Waals surface area contributed by atoms with Gasteiger partial charge in [-0.25, -0.2) is 14.6 Å². The van der Waals surface area contributed by atoms with E-state index < -0.39 is 23.4 Å². The Labute approximate surface area is 209 Å². The molecule has 1 fully saturated rings. The predicted molar refractivity (Wildman–Crippen MR) is 131 cm³/mol. The Morgan fingerprint density at radius 2 is 1.72 bits per heavy atom. The number of rotatable bonds is 4. The molecule has 7 nitrogen and oxygen atoms in total. The van der Waals surface area contributed by atoms with Gasteiger partial charge in [-0.2, -0.15) is 13.2 Å². The van der Waals surface area contributed by atoms with Gasteiger partial charge >= 0.3 is 17.8 Å². The number of hydrogen-bond donors (Lipinski definition) is 1. The highest BCUT2D eigenvalue weighted by molar-refractivity contribution is 5.90. The maximum absolute atomic E-state index is 13.5. The van der Waals surface area contributed by atoms with Crippen molar-refractivity contribution in [2.75, 3.05) is 20.2 Å². The van der Waals surface area contributed by atoms with Gasteiger partial charge in [0.2, 0.25) is 0 Å². The molecule has 0 saturated carbocycles. The molecule has 1 atom stereocenters. The maximum atomic E-state index is 13.5. The summed E-state index contributed by atoms with van der Waals surface area (Å²) in [4.78, 5) is 29.2. The highest BCUT2D eigenvalue weighted by Crippen LogP contribution is 2.32. The van der Waals surface area contributed by atoms with Crippen molar-refractivity contribution in [1.29, 1.82) is 0 Å². The van der Waals surface area contributed by atoms with Gasteiger partial charge in [0.05, 0.1) is 35.5 Å². The van der Waals surface area contributed by atoms with Crippen LogP contribution in [0.2, 0.25) is 0 Å². The zero-order chi connectivity index (χ0) is 24.7. The molecule has 11 heteroatoms. The van der Waals surface area contributed by atoms with Crippen LogP contribution in [0.25, 0.3) is 28.0 Å². The van der Waals surface area contributed by atoms with Crippen LogP contribution < -0.4 is 11.0 Å². The summed E-state index contributed by atoms with van der Waals surface area (Å²) in [6.45, 7) is 1.26. The summed E-state index contributed by atoms with van der Waals surface area (Å²) in [6.07, 6.45) is -3.13. The minimum absolute atomic E-state index is 0. The number of ether oxygens (including phenoxy) is 1. The van der Waals surface area contributed by atoms with E-state index in [-0.39, 0.29) is 29.6 Å². The highest BCUT2D eigenvalue weighted by Gasteiger charge is 2.33. The highest BCUT2D eigenvalue weighted by atomic mass is 35.5. The van der Waals surface area contributed by atoms with Crippen LogP contribution in [-0.4, -0.2) is 40.3 Å². The number of alkyl halides is 3. The summed E-state index contributed by atoms with van der Waals surface area (Å²) in [5.74, 6) is -0.438. The first-order chi connectivity index (χ1) is 16.8. The van der Waals surface area contributed by atoms with Crippen molar-refractivity contribution in [3.05, 3.63) is 82.4 Å².